The van der Waals surface area contributed by atoms with Crippen LogP contribution in [-0.4, -0.2) is 37.5 Å². The molecule has 1 N–H and O–H groups in total. The molecule has 0 saturated carbocycles. The summed E-state index contributed by atoms with van der Waals surface area (Å²) in [5, 5.41) is 2.32. The van der Waals surface area contributed by atoms with E-state index in [-0.39, 0.29) is 21.9 Å². The summed E-state index contributed by atoms with van der Waals surface area (Å²) in [7, 11) is -5.61. The van der Waals surface area contributed by atoms with Crippen LogP contribution in [0.15, 0.2) is 73.3 Å². The molecule has 6 heteroatoms. The van der Waals surface area contributed by atoms with Crippen molar-refractivity contribution in [3.8, 4) is 11.5 Å². The zero-order valence-electron chi connectivity index (χ0n) is 23.6. The number of hydrogen-bond donors (Lipinski definition) is 1. The summed E-state index contributed by atoms with van der Waals surface area (Å²) >= 11 is 0. The summed E-state index contributed by atoms with van der Waals surface area (Å²) in [6.07, 6.45) is 2.21. The standard InChI is InChI=1S/C30H45NO2SSi2/c1-11-26(24-25(22-23-35(8,9)10)31-34(32)29(2,3)4)33-36(30(5,6)7,27-18-14-12-15-19-27)28-20-16-13-17-21-28/h11-21,25-26,31H,1,24H2,2-10H3/t25-,26-,34+/m1/s1. The Morgan fingerprint density at radius 1 is 0.944 bits per heavy atom. The van der Waals surface area contributed by atoms with E-state index in [1.165, 1.54) is 10.4 Å². The Kier molecular flexibility index (Phi) is 10.3. The summed E-state index contributed by atoms with van der Waals surface area (Å²) < 4.78 is 23.2. The molecule has 0 unspecified atom stereocenters. The minimum absolute atomic E-state index is 0.141. The molecule has 3 atom stereocenters. The van der Waals surface area contributed by atoms with Crippen LogP contribution in [0.4, 0.5) is 0 Å². The molecule has 3 nitrogen and oxygen atoms in total. The second-order valence-corrected chi connectivity index (χ2v) is 23.4. The van der Waals surface area contributed by atoms with Crippen molar-refractivity contribution < 1.29 is 8.63 Å². The van der Waals surface area contributed by atoms with Gasteiger partial charge in [0.1, 0.15) is 8.07 Å². The van der Waals surface area contributed by atoms with Crippen LogP contribution in [0.5, 0.6) is 0 Å². The van der Waals surface area contributed by atoms with Crippen LogP contribution in [0.1, 0.15) is 48.0 Å². The van der Waals surface area contributed by atoms with Crippen LogP contribution in [0.3, 0.4) is 0 Å². The molecule has 2 aromatic rings. The lowest BCUT2D eigenvalue weighted by Gasteiger charge is -2.45. The fourth-order valence-corrected chi connectivity index (χ4v) is 10.1. The SMILES string of the molecule is C=C[C@H](C[C@@H](C#C[Si](C)(C)C)N[S@@](=O)C(C)(C)C)O[Si](c1ccccc1)(c1ccccc1)C(C)(C)C. The number of benzene rings is 2. The highest BCUT2D eigenvalue weighted by Gasteiger charge is 2.51. The molecule has 0 heterocycles. The summed E-state index contributed by atoms with van der Waals surface area (Å²) in [4.78, 5) is 0. The van der Waals surface area contributed by atoms with Crippen molar-refractivity contribution in [1.29, 1.82) is 0 Å². The first-order valence-corrected chi connectivity index (χ1v) is 19.3. The van der Waals surface area contributed by atoms with Crippen LogP contribution >= 0.6 is 0 Å². The Balaban J connectivity index is 2.57. The lowest BCUT2D eigenvalue weighted by molar-refractivity contribution is 0.218. The molecule has 196 valence electrons. The van der Waals surface area contributed by atoms with Gasteiger partial charge < -0.3 is 4.43 Å². The maximum atomic E-state index is 13.0. The Bertz CT molecular complexity index is 1030. The molecule has 0 aliphatic carbocycles. The molecule has 0 spiro atoms. The molecule has 0 radical (unpaired) electrons. The first-order chi connectivity index (χ1) is 16.6. The summed E-state index contributed by atoms with van der Waals surface area (Å²) in [5.74, 6) is 3.43. The van der Waals surface area contributed by atoms with Crippen molar-refractivity contribution in [2.75, 3.05) is 0 Å². The lowest BCUT2D eigenvalue weighted by atomic mass is 10.1. The van der Waals surface area contributed by atoms with E-state index < -0.39 is 27.4 Å². The Morgan fingerprint density at radius 2 is 1.42 bits per heavy atom. The Labute approximate surface area is 224 Å². The van der Waals surface area contributed by atoms with E-state index >= 15 is 0 Å². The van der Waals surface area contributed by atoms with Crippen molar-refractivity contribution in [2.45, 2.75) is 89.5 Å². The van der Waals surface area contributed by atoms with Crippen LogP contribution in [-0.2, 0) is 15.4 Å². The molecule has 36 heavy (non-hydrogen) atoms. The van der Waals surface area contributed by atoms with Gasteiger partial charge in [0.15, 0.2) is 0 Å². The third-order valence-corrected chi connectivity index (χ3v) is 13.5. The zero-order chi connectivity index (χ0) is 27.2. The predicted octanol–water partition coefficient (Wildman–Crippen LogP) is 5.81. The molecule has 2 rings (SSSR count). The number of hydrogen-bond acceptors (Lipinski definition) is 2. The van der Waals surface area contributed by atoms with Gasteiger partial charge in [-0.1, -0.05) is 113 Å². The van der Waals surface area contributed by atoms with Crippen LogP contribution in [0.25, 0.3) is 0 Å². The molecule has 0 bridgehead atoms. The van der Waals surface area contributed by atoms with Crippen LogP contribution in [0.2, 0.25) is 24.7 Å². The number of rotatable bonds is 9. The largest absolute Gasteiger partial charge is 0.401 e. The molecule has 0 aromatic heterocycles. The Hall–Kier alpha value is -1.76. The maximum Gasteiger partial charge on any atom is 0.261 e. The van der Waals surface area contributed by atoms with Gasteiger partial charge in [0.25, 0.3) is 8.32 Å². The topological polar surface area (TPSA) is 38.3 Å². The molecule has 2 aromatic carbocycles. The highest BCUT2D eigenvalue weighted by Crippen LogP contribution is 2.38. The van der Waals surface area contributed by atoms with Crippen molar-refractivity contribution >= 4 is 37.8 Å². The third-order valence-electron chi connectivity index (χ3n) is 5.90. The van der Waals surface area contributed by atoms with Crippen molar-refractivity contribution in [1.82, 2.24) is 4.72 Å². The monoisotopic (exact) mass is 539 g/mol. The first kappa shape index (κ1) is 30.5. The molecular weight excluding hydrogens is 495 g/mol. The van der Waals surface area contributed by atoms with E-state index in [0.29, 0.717) is 6.42 Å². The molecule has 0 aliphatic heterocycles. The van der Waals surface area contributed by atoms with E-state index in [1.54, 1.807) is 0 Å². The van der Waals surface area contributed by atoms with Crippen molar-refractivity contribution in [2.24, 2.45) is 0 Å². The van der Waals surface area contributed by atoms with Gasteiger partial charge in [-0.2, -0.15) is 0 Å². The van der Waals surface area contributed by atoms with Gasteiger partial charge in [0, 0.05) is 6.42 Å². The highest BCUT2D eigenvalue weighted by molar-refractivity contribution is 7.84. The molecule has 0 saturated heterocycles. The van der Waals surface area contributed by atoms with Crippen LogP contribution < -0.4 is 15.1 Å². The van der Waals surface area contributed by atoms with E-state index in [9.17, 15) is 4.21 Å². The van der Waals surface area contributed by atoms with E-state index in [1.807, 2.05) is 26.8 Å². The van der Waals surface area contributed by atoms with E-state index in [2.05, 4.69) is 124 Å². The highest BCUT2D eigenvalue weighted by atomic mass is 32.2. The fraction of sp³-hybridized carbons (Fsp3) is 0.467. The smallest absolute Gasteiger partial charge is 0.261 e. The molecular formula is C30H45NO2SSi2. The van der Waals surface area contributed by atoms with Crippen LogP contribution in [0, 0.1) is 11.5 Å². The Morgan fingerprint density at radius 3 is 1.78 bits per heavy atom. The average molecular weight is 540 g/mol. The van der Waals surface area contributed by atoms with Crippen molar-refractivity contribution in [3.05, 3.63) is 73.3 Å². The molecule has 0 aliphatic rings. The fourth-order valence-electron chi connectivity index (χ4n) is 4.09. The zero-order valence-corrected chi connectivity index (χ0v) is 26.5. The first-order valence-electron chi connectivity index (χ1n) is 12.7. The van der Waals surface area contributed by atoms with E-state index in [0.717, 1.165) is 0 Å². The predicted molar refractivity (Wildman–Crippen MR) is 163 cm³/mol. The second kappa shape index (κ2) is 12.2. The van der Waals surface area contributed by atoms with Gasteiger partial charge in [-0.3, -0.25) is 0 Å². The third kappa shape index (κ3) is 8.12. The van der Waals surface area contributed by atoms with Gasteiger partial charge in [-0.05, 0) is 36.2 Å². The maximum absolute atomic E-state index is 13.0. The normalized spacial score (nSPS) is 15.4. The quantitative estimate of drug-likeness (QED) is 0.248. The lowest BCUT2D eigenvalue weighted by Crippen LogP contribution is -2.67. The summed E-state index contributed by atoms with van der Waals surface area (Å²) in [5.41, 5.74) is 3.48. The van der Waals surface area contributed by atoms with Gasteiger partial charge >= 0.3 is 0 Å². The minimum Gasteiger partial charge on any atom is -0.401 e. The summed E-state index contributed by atoms with van der Waals surface area (Å²) in [6.45, 7) is 23.6. The average Bonchev–Trinajstić information content (AvgIpc) is 2.79. The van der Waals surface area contributed by atoms with Gasteiger partial charge in [0.2, 0.25) is 0 Å². The number of nitrogens with one attached hydrogen (secondary N) is 1. The molecule has 0 amide bonds. The minimum atomic E-state index is -2.75. The van der Waals surface area contributed by atoms with Gasteiger partial charge in [-0.25, -0.2) is 8.93 Å². The van der Waals surface area contributed by atoms with E-state index in [4.69, 9.17) is 4.43 Å². The van der Waals surface area contributed by atoms with Crippen molar-refractivity contribution in [3.63, 3.8) is 0 Å². The van der Waals surface area contributed by atoms with Gasteiger partial charge in [-0.15, -0.1) is 12.1 Å². The summed E-state index contributed by atoms with van der Waals surface area (Å²) in [6, 6.07) is 21.0. The second-order valence-electron chi connectivity index (χ2n) is 12.4. The molecule has 0 fully saturated rings. The van der Waals surface area contributed by atoms with Gasteiger partial charge in [0.05, 0.1) is 27.9 Å².